The second-order valence-corrected chi connectivity index (χ2v) is 9.88. The number of anilines is 1. The van der Waals surface area contributed by atoms with Gasteiger partial charge < -0.3 is 5.32 Å². The number of benzene rings is 2. The third-order valence-corrected chi connectivity index (χ3v) is 6.55. The number of nitrogens with zero attached hydrogens (tertiary/aromatic N) is 1. The zero-order valence-corrected chi connectivity index (χ0v) is 18.6. The van der Waals surface area contributed by atoms with Crippen LogP contribution in [-0.4, -0.2) is 38.9 Å². The minimum atomic E-state index is -3.61. The molecule has 8 heteroatoms. The molecule has 0 bridgehead atoms. The zero-order chi connectivity index (χ0) is 20.7. The summed E-state index contributed by atoms with van der Waals surface area (Å²) < 4.78 is 26.0. The maximum absolute atomic E-state index is 12.7. The normalized spacial score (nSPS) is 12.4. The van der Waals surface area contributed by atoms with E-state index in [9.17, 15) is 13.2 Å². The van der Waals surface area contributed by atoms with Crippen molar-refractivity contribution in [3.05, 3.63) is 59.1 Å². The number of hydrogen-bond acceptors (Lipinski definition) is 4. The molecule has 1 N–H and O–H groups in total. The Morgan fingerprint density at radius 3 is 2.29 bits per heavy atom. The fourth-order valence-electron chi connectivity index (χ4n) is 2.74. The molecule has 0 saturated heterocycles. The highest BCUT2D eigenvalue weighted by Gasteiger charge is 2.31. The first kappa shape index (κ1) is 22.6. The lowest BCUT2D eigenvalue weighted by atomic mass is 10.1. The van der Waals surface area contributed by atoms with E-state index < -0.39 is 16.1 Å². The predicted octanol–water partition coefficient (Wildman–Crippen LogP) is 4.10. The predicted molar refractivity (Wildman–Crippen MR) is 118 cm³/mol. The Kier molecular flexibility index (Phi) is 8.22. The third kappa shape index (κ3) is 6.43. The number of halogens is 1. The number of carbonyl (C=O) groups is 1. The smallest absolute Gasteiger partial charge is 0.243 e. The van der Waals surface area contributed by atoms with Crippen molar-refractivity contribution in [3.63, 3.8) is 0 Å². The molecule has 1 amide bonds. The maximum Gasteiger partial charge on any atom is 0.243 e. The van der Waals surface area contributed by atoms with E-state index in [0.29, 0.717) is 29.4 Å². The molecule has 0 heterocycles. The molecule has 2 aromatic rings. The third-order valence-electron chi connectivity index (χ3n) is 4.10. The minimum absolute atomic E-state index is 0.301. The van der Waals surface area contributed by atoms with Gasteiger partial charge in [-0.2, -0.15) is 0 Å². The summed E-state index contributed by atoms with van der Waals surface area (Å²) in [6.07, 6.45) is 1.50. The van der Waals surface area contributed by atoms with Crippen LogP contribution >= 0.6 is 23.4 Å². The Morgan fingerprint density at radius 1 is 1.14 bits per heavy atom. The van der Waals surface area contributed by atoms with Crippen LogP contribution in [0.1, 0.15) is 18.9 Å². The highest BCUT2D eigenvalue weighted by Crippen LogP contribution is 2.23. The minimum Gasteiger partial charge on any atom is -0.353 e. The molecule has 0 aliphatic carbocycles. The Morgan fingerprint density at radius 2 is 1.75 bits per heavy atom. The molecular formula is C20H25ClN2O3S2. The fourth-order valence-corrected chi connectivity index (χ4v) is 4.85. The van der Waals surface area contributed by atoms with Gasteiger partial charge in [0.15, 0.2) is 0 Å². The maximum atomic E-state index is 12.7. The summed E-state index contributed by atoms with van der Waals surface area (Å²) in [5.41, 5.74) is 1.51. The lowest BCUT2D eigenvalue weighted by Crippen LogP contribution is -2.49. The molecule has 0 fully saturated rings. The molecular weight excluding hydrogens is 416 g/mol. The summed E-state index contributed by atoms with van der Waals surface area (Å²) in [5.74, 6) is 0.373. The molecule has 0 aliphatic rings. The molecule has 0 saturated carbocycles. The van der Waals surface area contributed by atoms with Crippen molar-refractivity contribution in [2.24, 2.45) is 0 Å². The summed E-state index contributed by atoms with van der Waals surface area (Å²) in [5, 5.41) is 3.54. The average molecular weight is 441 g/mol. The van der Waals surface area contributed by atoms with Crippen LogP contribution in [-0.2, 0) is 14.8 Å². The molecule has 0 spiro atoms. The number of nitrogens with one attached hydrogen (secondary N) is 1. The first-order valence-corrected chi connectivity index (χ1v) is 12.2. The van der Waals surface area contributed by atoms with Gasteiger partial charge in [0.05, 0.1) is 11.9 Å². The van der Waals surface area contributed by atoms with Gasteiger partial charge in [0.25, 0.3) is 0 Å². The standard InChI is InChI=1S/C20H25ClN2O3S2/c1-4-19(23(28(3,25)26)17-9-5-15(2)6-10-17)20(24)22-13-14-27-18-11-7-16(21)8-12-18/h5-12,19H,4,13-14H2,1-3H3,(H,22,24)/t19-/m0/s1. The van der Waals surface area contributed by atoms with Crippen molar-refractivity contribution in [3.8, 4) is 0 Å². The molecule has 2 rings (SSSR count). The lowest BCUT2D eigenvalue weighted by Gasteiger charge is -2.30. The van der Waals surface area contributed by atoms with Gasteiger partial charge in [0, 0.05) is 22.2 Å². The van der Waals surface area contributed by atoms with Crippen LogP contribution in [0, 0.1) is 6.92 Å². The Labute approximate surface area is 176 Å². The van der Waals surface area contributed by atoms with Gasteiger partial charge in [0.1, 0.15) is 6.04 Å². The Hall–Kier alpha value is -1.70. The largest absolute Gasteiger partial charge is 0.353 e. The molecule has 0 unspecified atom stereocenters. The molecule has 5 nitrogen and oxygen atoms in total. The summed E-state index contributed by atoms with van der Waals surface area (Å²) in [7, 11) is -3.61. The topological polar surface area (TPSA) is 66.5 Å². The molecule has 0 aromatic heterocycles. The van der Waals surface area contributed by atoms with E-state index in [1.165, 1.54) is 4.31 Å². The lowest BCUT2D eigenvalue weighted by molar-refractivity contribution is -0.122. The summed E-state index contributed by atoms with van der Waals surface area (Å²) >= 11 is 7.47. The number of hydrogen-bond donors (Lipinski definition) is 1. The van der Waals surface area contributed by atoms with Gasteiger partial charge in [-0.25, -0.2) is 8.42 Å². The van der Waals surface area contributed by atoms with Gasteiger partial charge >= 0.3 is 0 Å². The van der Waals surface area contributed by atoms with Crippen LogP contribution in [0.5, 0.6) is 0 Å². The van der Waals surface area contributed by atoms with Gasteiger partial charge in [-0.1, -0.05) is 36.2 Å². The van der Waals surface area contributed by atoms with Crippen molar-refractivity contribution in [1.82, 2.24) is 5.32 Å². The fraction of sp³-hybridized carbons (Fsp3) is 0.350. The van der Waals surface area contributed by atoms with Crippen molar-refractivity contribution in [2.75, 3.05) is 22.9 Å². The summed E-state index contributed by atoms with van der Waals surface area (Å²) in [4.78, 5) is 13.8. The van der Waals surface area contributed by atoms with Crippen molar-refractivity contribution >= 4 is 45.0 Å². The molecule has 0 aliphatic heterocycles. The van der Waals surface area contributed by atoms with E-state index in [-0.39, 0.29) is 5.91 Å². The van der Waals surface area contributed by atoms with Gasteiger partial charge in [0.2, 0.25) is 15.9 Å². The molecule has 2 aromatic carbocycles. The Balaban J connectivity index is 2.02. The van der Waals surface area contributed by atoms with Crippen LogP contribution < -0.4 is 9.62 Å². The number of rotatable bonds is 9. The quantitative estimate of drug-likeness (QED) is 0.471. The van der Waals surface area contributed by atoms with Crippen molar-refractivity contribution in [1.29, 1.82) is 0 Å². The molecule has 1 atom stereocenters. The average Bonchev–Trinajstić information content (AvgIpc) is 2.64. The van der Waals surface area contributed by atoms with E-state index in [2.05, 4.69) is 5.32 Å². The molecule has 0 radical (unpaired) electrons. The van der Waals surface area contributed by atoms with E-state index in [0.717, 1.165) is 16.7 Å². The van der Waals surface area contributed by atoms with Crippen molar-refractivity contribution < 1.29 is 13.2 Å². The van der Waals surface area contributed by atoms with Gasteiger partial charge in [-0.3, -0.25) is 9.10 Å². The number of thioether (sulfide) groups is 1. The monoisotopic (exact) mass is 440 g/mol. The molecule has 152 valence electrons. The van der Waals surface area contributed by atoms with Crippen LogP contribution in [0.4, 0.5) is 5.69 Å². The van der Waals surface area contributed by atoms with Crippen LogP contribution in [0.2, 0.25) is 5.02 Å². The molecule has 28 heavy (non-hydrogen) atoms. The number of carbonyl (C=O) groups excluding carboxylic acids is 1. The highest BCUT2D eigenvalue weighted by molar-refractivity contribution is 7.99. The van der Waals surface area contributed by atoms with E-state index in [4.69, 9.17) is 11.6 Å². The SMILES string of the molecule is CC[C@@H](C(=O)NCCSc1ccc(Cl)cc1)N(c1ccc(C)cc1)S(C)(=O)=O. The Bertz CT molecular complexity index is 885. The number of sulfonamides is 1. The second kappa shape index (κ2) is 10.2. The summed E-state index contributed by atoms with van der Waals surface area (Å²) in [6.45, 7) is 4.17. The first-order valence-electron chi connectivity index (χ1n) is 8.94. The first-order chi connectivity index (χ1) is 13.2. The van der Waals surface area contributed by atoms with Crippen LogP contribution in [0.15, 0.2) is 53.4 Å². The van der Waals surface area contributed by atoms with Crippen LogP contribution in [0.25, 0.3) is 0 Å². The van der Waals surface area contributed by atoms with E-state index in [1.54, 1.807) is 30.8 Å². The van der Waals surface area contributed by atoms with E-state index in [1.807, 2.05) is 43.3 Å². The van der Waals surface area contributed by atoms with Crippen molar-refractivity contribution in [2.45, 2.75) is 31.2 Å². The van der Waals surface area contributed by atoms with E-state index >= 15 is 0 Å². The second-order valence-electron chi connectivity index (χ2n) is 6.41. The zero-order valence-electron chi connectivity index (χ0n) is 16.2. The van der Waals surface area contributed by atoms with Crippen LogP contribution in [0.3, 0.4) is 0 Å². The van der Waals surface area contributed by atoms with Gasteiger partial charge in [-0.15, -0.1) is 11.8 Å². The summed E-state index contributed by atoms with van der Waals surface area (Å²) in [6, 6.07) is 13.8. The van der Waals surface area contributed by atoms with Gasteiger partial charge in [-0.05, 0) is 49.7 Å². The number of aryl methyl sites for hydroxylation is 1. The highest BCUT2D eigenvalue weighted by atomic mass is 35.5. The number of amides is 1.